The Morgan fingerprint density at radius 3 is 2.65 bits per heavy atom. The van der Waals surface area contributed by atoms with E-state index in [1.807, 2.05) is 31.2 Å². The molecule has 168 valence electrons. The summed E-state index contributed by atoms with van der Waals surface area (Å²) in [6.45, 7) is 3.09. The van der Waals surface area contributed by atoms with Crippen molar-refractivity contribution in [2.45, 2.75) is 64.3 Å². The second kappa shape index (κ2) is 9.94. The number of urea groups is 1. The molecule has 4 amide bonds. The lowest BCUT2D eigenvalue weighted by Crippen LogP contribution is -2.54. The van der Waals surface area contributed by atoms with Gasteiger partial charge in [0, 0.05) is 5.69 Å². The van der Waals surface area contributed by atoms with Gasteiger partial charge in [-0.3, -0.25) is 19.3 Å². The highest BCUT2D eigenvalue weighted by Crippen LogP contribution is 2.38. The zero-order chi connectivity index (χ0) is 22.4. The number of carbonyl (C=O) groups excluding carboxylic acids is 4. The van der Waals surface area contributed by atoms with Crippen LogP contribution in [0.2, 0.25) is 0 Å². The number of imide groups is 1. The minimum Gasteiger partial charge on any atom is -0.454 e. The van der Waals surface area contributed by atoms with Crippen molar-refractivity contribution in [3.8, 4) is 0 Å². The molecule has 1 saturated heterocycles. The number of nitrogens with one attached hydrogen (secondary N) is 2. The van der Waals surface area contributed by atoms with Crippen LogP contribution in [-0.4, -0.2) is 47.4 Å². The number of aryl methyl sites for hydroxylation is 1. The van der Waals surface area contributed by atoms with Gasteiger partial charge in [-0.15, -0.1) is 0 Å². The number of esters is 1. The van der Waals surface area contributed by atoms with Crippen molar-refractivity contribution in [2.24, 2.45) is 5.92 Å². The van der Waals surface area contributed by atoms with E-state index >= 15 is 0 Å². The molecule has 1 aliphatic carbocycles. The number of carbonyl (C=O) groups is 4. The number of benzene rings is 1. The maximum Gasteiger partial charge on any atom is 0.326 e. The third-order valence-corrected chi connectivity index (χ3v) is 6.21. The molecule has 1 aromatic rings. The van der Waals surface area contributed by atoms with Gasteiger partial charge in [-0.25, -0.2) is 4.79 Å². The topological polar surface area (TPSA) is 105 Å². The van der Waals surface area contributed by atoms with Crippen LogP contribution in [0.3, 0.4) is 0 Å². The SMILES string of the molecule is CCCCc1ccc(NC(=O)COC(=O)CN2C(=O)N[C@@]3(CCCC[C@@H]3C)C2=O)cc1. The molecule has 8 heteroatoms. The maximum atomic E-state index is 12.9. The normalized spacial score (nSPS) is 23.0. The van der Waals surface area contributed by atoms with E-state index in [-0.39, 0.29) is 11.8 Å². The van der Waals surface area contributed by atoms with Gasteiger partial charge in [-0.05, 0) is 49.3 Å². The minimum atomic E-state index is -0.920. The fourth-order valence-electron chi connectivity index (χ4n) is 4.29. The molecule has 1 aliphatic heterocycles. The number of rotatable bonds is 8. The summed E-state index contributed by atoms with van der Waals surface area (Å²) in [5, 5.41) is 5.46. The van der Waals surface area contributed by atoms with Crippen LogP contribution >= 0.6 is 0 Å². The highest BCUT2D eigenvalue weighted by Gasteiger charge is 2.55. The van der Waals surface area contributed by atoms with Crippen molar-refractivity contribution in [1.29, 1.82) is 0 Å². The second-order valence-electron chi connectivity index (χ2n) is 8.45. The van der Waals surface area contributed by atoms with Crippen molar-refractivity contribution in [2.75, 3.05) is 18.5 Å². The first-order valence-corrected chi connectivity index (χ1v) is 11.0. The molecule has 3 rings (SSSR count). The van der Waals surface area contributed by atoms with Crippen LogP contribution in [0.1, 0.15) is 57.9 Å². The monoisotopic (exact) mass is 429 g/mol. The van der Waals surface area contributed by atoms with Gasteiger partial charge in [-0.2, -0.15) is 0 Å². The van der Waals surface area contributed by atoms with E-state index in [1.165, 1.54) is 5.56 Å². The molecule has 0 aromatic heterocycles. The van der Waals surface area contributed by atoms with E-state index in [1.54, 1.807) is 0 Å². The lowest BCUT2D eigenvalue weighted by atomic mass is 9.73. The number of amides is 4. The van der Waals surface area contributed by atoms with Gasteiger partial charge in [0.05, 0.1) is 0 Å². The predicted molar refractivity (Wildman–Crippen MR) is 115 cm³/mol. The predicted octanol–water partition coefficient (Wildman–Crippen LogP) is 3.01. The number of unbranched alkanes of at least 4 members (excludes halogenated alkanes) is 1. The van der Waals surface area contributed by atoms with Gasteiger partial charge in [0.2, 0.25) is 0 Å². The summed E-state index contributed by atoms with van der Waals surface area (Å²) in [7, 11) is 0. The number of anilines is 1. The summed E-state index contributed by atoms with van der Waals surface area (Å²) < 4.78 is 4.99. The first kappa shape index (κ1) is 22.8. The van der Waals surface area contributed by atoms with Gasteiger partial charge in [0.25, 0.3) is 11.8 Å². The van der Waals surface area contributed by atoms with Crippen LogP contribution < -0.4 is 10.6 Å². The van der Waals surface area contributed by atoms with Crippen molar-refractivity contribution in [1.82, 2.24) is 10.2 Å². The fraction of sp³-hybridized carbons (Fsp3) is 0.565. The lowest BCUT2D eigenvalue weighted by Gasteiger charge is -2.36. The Kier molecular flexibility index (Phi) is 7.30. The molecule has 1 spiro atoms. The third-order valence-electron chi connectivity index (χ3n) is 6.21. The summed E-state index contributed by atoms with van der Waals surface area (Å²) in [6.07, 6.45) is 6.52. The minimum absolute atomic E-state index is 0.0119. The highest BCUT2D eigenvalue weighted by atomic mass is 16.5. The van der Waals surface area contributed by atoms with E-state index in [0.29, 0.717) is 12.1 Å². The molecule has 0 unspecified atom stereocenters. The molecule has 2 fully saturated rings. The van der Waals surface area contributed by atoms with Gasteiger partial charge >= 0.3 is 12.0 Å². The number of hydrogen-bond donors (Lipinski definition) is 2. The zero-order valence-corrected chi connectivity index (χ0v) is 18.2. The van der Waals surface area contributed by atoms with Crippen LogP contribution in [0.25, 0.3) is 0 Å². The average molecular weight is 430 g/mol. The van der Waals surface area contributed by atoms with Crippen molar-refractivity contribution >= 4 is 29.5 Å². The molecule has 1 saturated carbocycles. The summed E-state index contributed by atoms with van der Waals surface area (Å²) in [5.74, 6) is -1.65. The zero-order valence-electron chi connectivity index (χ0n) is 18.2. The van der Waals surface area contributed by atoms with Gasteiger partial charge < -0.3 is 15.4 Å². The third kappa shape index (κ3) is 5.24. The smallest absolute Gasteiger partial charge is 0.326 e. The number of hydrogen-bond acceptors (Lipinski definition) is 5. The van der Waals surface area contributed by atoms with E-state index in [4.69, 9.17) is 4.74 Å². The van der Waals surface area contributed by atoms with Crippen LogP contribution in [0.5, 0.6) is 0 Å². The molecule has 2 atom stereocenters. The Balaban J connectivity index is 1.47. The van der Waals surface area contributed by atoms with E-state index in [2.05, 4.69) is 17.6 Å². The van der Waals surface area contributed by atoms with E-state index < -0.39 is 36.6 Å². The lowest BCUT2D eigenvalue weighted by molar-refractivity contribution is -0.150. The van der Waals surface area contributed by atoms with Crippen LogP contribution in [-0.2, 0) is 25.5 Å². The molecule has 2 aliphatic rings. The maximum absolute atomic E-state index is 12.9. The molecule has 0 radical (unpaired) electrons. The van der Waals surface area contributed by atoms with Crippen molar-refractivity contribution < 1.29 is 23.9 Å². The van der Waals surface area contributed by atoms with Crippen LogP contribution in [0, 0.1) is 5.92 Å². The van der Waals surface area contributed by atoms with Crippen molar-refractivity contribution in [3.63, 3.8) is 0 Å². The molecule has 0 bridgehead atoms. The summed E-state index contributed by atoms with van der Waals surface area (Å²) >= 11 is 0. The van der Waals surface area contributed by atoms with Gasteiger partial charge in [0.1, 0.15) is 12.1 Å². The second-order valence-corrected chi connectivity index (χ2v) is 8.45. The Morgan fingerprint density at radius 2 is 1.97 bits per heavy atom. The standard InChI is InChI=1S/C23H31N3O5/c1-3-4-8-17-9-11-18(12-10-17)24-19(27)15-31-20(28)14-26-21(29)23(25-22(26)30)13-6-5-7-16(23)2/h9-12,16H,3-8,13-15H2,1-2H3,(H,24,27)(H,25,30)/t16-,23+/m0/s1. The van der Waals surface area contributed by atoms with Crippen molar-refractivity contribution in [3.05, 3.63) is 29.8 Å². The first-order chi connectivity index (χ1) is 14.9. The number of nitrogens with zero attached hydrogens (tertiary/aromatic N) is 1. The van der Waals surface area contributed by atoms with Crippen LogP contribution in [0.15, 0.2) is 24.3 Å². The Hall–Kier alpha value is -2.90. The van der Waals surface area contributed by atoms with E-state index in [9.17, 15) is 19.2 Å². The van der Waals surface area contributed by atoms with Gasteiger partial charge in [-0.1, -0.05) is 45.2 Å². The molecule has 1 aromatic carbocycles. The largest absolute Gasteiger partial charge is 0.454 e. The Labute approximate surface area is 182 Å². The molecular weight excluding hydrogens is 398 g/mol. The first-order valence-electron chi connectivity index (χ1n) is 11.0. The molecule has 1 heterocycles. The molecule has 31 heavy (non-hydrogen) atoms. The fourth-order valence-corrected chi connectivity index (χ4v) is 4.29. The summed E-state index contributed by atoms with van der Waals surface area (Å²) in [6, 6.07) is 6.95. The summed E-state index contributed by atoms with van der Waals surface area (Å²) in [4.78, 5) is 50.3. The number of ether oxygens (including phenoxy) is 1. The quantitative estimate of drug-likeness (QED) is 0.488. The summed E-state index contributed by atoms with van der Waals surface area (Å²) in [5.41, 5.74) is 0.893. The van der Waals surface area contributed by atoms with Crippen LogP contribution in [0.4, 0.5) is 10.5 Å². The highest BCUT2D eigenvalue weighted by molar-refractivity contribution is 6.09. The molecular formula is C23H31N3O5. The van der Waals surface area contributed by atoms with E-state index in [0.717, 1.165) is 43.4 Å². The Morgan fingerprint density at radius 1 is 1.23 bits per heavy atom. The van der Waals surface area contributed by atoms with Gasteiger partial charge in [0.15, 0.2) is 6.61 Å². The molecule has 8 nitrogen and oxygen atoms in total. The Bertz CT molecular complexity index is 838. The average Bonchev–Trinajstić information content (AvgIpc) is 2.99. The molecule has 2 N–H and O–H groups in total.